The molecule has 0 saturated carbocycles. The molecule has 4 aromatic rings. The number of hydrogen-bond donors (Lipinski definition) is 2. The quantitative estimate of drug-likeness (QED) is 0.421. The number of rotatable bonds is 5. The van der Waals surface area contributed by atoms with Crippen LogP contribution in [0.1, 0.15) is 10.4 Å². The molecule has 0 bridgehead atoms. The van der Waals surface area contributed by atoms with E-state index in [1.54, 1.807) is 42.5 Å². The van der Waals surface area contributed by atoms with Gasteiger partial charge in [-0.2, -0.15) is 0 Å². The summed E-state index contributed by atoms with van der Waals surface area (Å²) in [5.74, 6) is -1.47. The van der Waals surface area contributed by atoms with E-state index in [0.717, 1.165) is 5.56 Å². The van der Waals surface area contributed by atoms with Gasteiger partial charge in [-0.3, -0.25) is 4.79 Å². The second-order valence-electron chi connectivity index (χ2n) is 6.16. The number of halogens is 2. The maximum absolute atomic E-state index is 13.8. The molecular formula is C22H15F2N3OS. The first-order chi connectivity index (χ1) is 14.1. The number of amides is 1. The highest BCUT2D eigenvalue weighted by Gasteiger charge is 2.12. The molecule has 3 aromatic carbocycles. The first kappa shape index (κ1) is 18.8. The number of para-hydroxylation sites is 1. The number of hydrogen-bond acceptors (Lipinski definition) is 4. The molecule has 0 fully saturated rings. The van der Waals surface area contributed by atoms with Gasteiger partial charge in [0.15, 0.2) is 5.13 Å². The van der Waals surface area contributed by atoms with Crippen LogP contribution in [0.25, 0.3) is 11.3 Å². The summed E-state index contributed by atoms with van der Waals surface area (Å²) >= 11 is 1.34. The summed E-state index contributed by atoms with van der Waals surface area (Å²) in [5, 5.41) is 8.03. The first-order valence-electron chi connectivity index (χ1n) is 8.73. The Bertz CT molecular complexity index is 1180. The van der Waals surface area contributed by atoms with Crippen LogP contribution in [0.2, 0.25) is 0 Å². The van der Waals surface area contributed by atoms with Gasteiger partial charge in [0.1, 0.15) is 11.6 Å². The predicted molar refractivity (Wildman–Crippen MR) is 112 cm³/mol. The fraction of sp³-hybridized carbons (Fsp3) is 0. The first-order valence-corrected chi connectivity index (χ1v) is 9.61. The largest absolute Gasteiger partial charge is 0.329 e. The normalized spacial score (nSPS) is 10.6. The molecule has 0 radical (unpaired) electrons. The van der Waals surface area contributed by atoms with Crippen molar-refractivity contribution in [2.24, 2.45) is 0 Å². The van der Waals surface area contributed by atoms with Crippen molar-refractivity contribution in [1.29, 1.82) is 0 Å². The molecule has 4 rings (SSSR count). The fourth-order valence-corrected chi connectivity index (χ4v) is 3.47. The number of nitrogens with one attached hydrogen (secondary N) is 2. The minimum atomic E-state index is -0.579. The second kappa shape index (κ2) is 8.20. The van der Waals surface area contributed by atoms with Crippen LogP contribution in [-0.4, -0.2) is 10.9 Å². The Hall–Kier alpha value is -3.58. The molecule has 0 unspecified atom stereocenters. The molecule has 2 N–H and O–H groups in total. The molecule has 0 spiro atoms. The van der Waals surface area contributed by atoms with Crippen molar-refractivity contribution < 1.29 is 13.6 Å². The number of aromatic nitrogens is 1. The molecule has 0 aliphatic rings. The van der Waals surface area contributed by atoms with Crippen molar-refractivity contribution in [2.45, 2.75) is 0 Å². The lowest BCUT2D eigenvalue weighted by Crippen LogP contribution is -2.13. The fourth-order valence-electron chi connectivity index (χ4n) is 2.74. The number of thiazole rings is 1. The summed E-state index contributed by atoms with van der Waals surface area (Å²) < 4.78 is 27.6. The Labute approximate surface area is 169 Å². The summed E-state index contributed by atoms with van der Waals surface area (Å²) in [6.45, 7) is 0. The predicted octanol–water partition coefficient (Wildman–Crippen LogP) is 6.08. The zero-order valence-corrected chi connectivity index (χ0v) is 15.8. The average molecular weight is 407 g/mol. The number of anilines is 3. The summed E-state index contributed by atoms with van der Waals surface area (Å²) in [6, 6.07) is 19.3. The number of benzene rings is 3. The Kier molecular flexibility index (Phi) is 5.31. The molecule has 1 heterocycles. The molecule has 29 heavy (non-hydrogen) atoms. The van der Waals surface area contributed by atoms with E-state index in [-0.39, 0.29) is 11.4 Å². The average Bonchev–Trinajstić information content (AvgIpc) is 3.19. The topological polar surface area (TPSA) is 54.0 Å². The standard InChI is InChI=1S/C22H15F2N3OS/c23-17-9-2-1-8-16(17)21(28)25-15-7-5-6-14(12-15)20-13-29-22(27-20)26-19-11-4-3-10-18(19)24/h1-13H,(H,25,28)(H,26,27). The Morgan fingerprint density at radius 1 is 0.897 bits per heavy atom. The maximum atomic E-state index is 13.8. The third-order valence-corrected chi connectivity index (χ3v) is 4.91. The summed E-state index contributed by atoms with van der Waals surface area (Å²) in [5.41, 5.74) is 2.29. The van der Waals surface area contributed by atoms with Crippen LogP contribution >= 0.6 is 11.3 Å². The minimum Gasteiger partial charge on any atom is -0.329 e. The summed E-state index contributed by atoms with van der Waals surface area (Å²) in [7, 11) is 0. The van der Waals surface area contributed by atoms with Crippen molar-refractivity contribution in [3.8, 4) is 11.3 Å². The number of carbonyl (C=O) groups is 1. The van der Waals surface area contributed by atoms with Gasteiger partial charge in [-0.1, -0.05) is 36.4 Å². The van der Waals surface area contributed by atoms with E-state index in [4.69, 9.17) is 0 Å². The van der Waals surface area contributed by atoms with Crippen LogP contribution < -0.4 is 10.6 Å². The van der Waals surface area contributed by atoms with Crippen molar-refractivity contribution in [3.05, 3.63) is 95.4 Å². The van der Waals surface area contributed by atoms with E-state index in [1.807, 2.05) is 11.4 Å². The van der Waals surface area contributed by atoms with Crippen LogP contribution in [-0.2, 0) is 0 Å². The third-order valence-electron chi connectivity index (χ3n) is 4.15. The van der Waals surface area contributed by atoms with Crippen LogP contribution in [0, 0.1) is 11.6 Å². The van der Waals surface area contributed by atoms with Gasteiger partial charge >= 0.3 is 0 Å². The monoisotopic (exact) mass is 407 g/mol. The van der Waals surface area contributed by atoms with Gasteiger partial charge in [0, 0.05) is 16.6 Å². The van der Waals surface area contributed by atoms with Crippen molar-refractivity contribution >= 4 is 33.8 Å². The number of carbonyl (C=O) groups excluding carboxylic acids is 1. The highest BCUT2D eigenvalue weighted by atomic mass is 32.1. The number of nitrogens with zero attached hydrogens (tertiary/aromatic N) is 1. The molecule has 0 aliphatic carbocycles. The smallest absolute Gasteiger partial charge is 0.258 e. The molecule has 0 atom stereocenters. The maximum Gasteiger partial charge on any atom is 0.258 e. The van der Waals surface area contributed by atoms with E-state index in [2.05, 4.69) is 15.6 Å². The Balaban J connectivity index is 1.52. The summed E-state index contributed by atoms with van der Waals surface area (Å²) in [4.78, 5) is 16.8. The molecular weight excluding hydrogens is 392 g/mol. The van der Waals surface area contributed by atoms with Gasteiger partial charge in [-0.05, 0) is 36.4 Å². The van der Waals surface area contributed by atoms with E-state index in [0.29, 0.717) is 22.2 Å². The molecule has 0 aliphatic heterocycles. The van der Waals surface area contributed by atoms with E-state index in [9.17, 15) is 13.6 Å². The molecule has 1 aromatic heterocycles. The lowest BCUT2D eigenvalue weighted by Gasteiger charge is -2.07. The van der Waals surface area contributed by atoms with Gasteiger partial charge in [-0.15, -0.1) is 11.3 Å². The Morgan fingerprint density at radius 3 is 2.45 bits per heavy atom. The van der Waals surface area contributed by atoms with Crippen molar-refractivity contribution in [3.63, 3.8) is 0 Å². The molecule has 7 heteroatoms. The minimum absolute atomic E-state index is 0.0251. The van der Waals surface area contributed by atoms with Gasteiger partial charge in [-0.25, -0.2) is 13.8 Å². The third kappa shape index (κ3) is 4.30. The van der Waals surface area contributed by atoms with Gasteiger partial charge in [0.25, 0.3) is 5.91 Å². The zero-order valence-electron chi connectivity index (χ0n) is 15.0. The summed E-state index contributed by atoms with van der Waals surface area (Å²) in [6.07, 6.45) is 0. The molecule has 4 nitrogen and oxygen atoms in total. The molecule has 1 amide bonds. The van der Waals surface area contributed by atoms with Crippen molar-refractivity contribution in [1.82, 2.24) is 4.98 Å². The van der Waals surface area contributed by atoms with Crippen LogP contribution in [0.4, 0.5) is 25.3 Å². The Morgan fingerprint density at radius 2 is 1.66 bits per heavy atom. The highest BCUT2D eigenvalue weighted by Crippen LogP contribution is 2.29. The SMILES string of the molecule is O=C(Nc1cccc(-c2csc(Nc3ccccc3F)n2)c1)c1ccccc1F. The van der Waals surface area contributed by atoms with Gasteiger partial charge < -0.3 is 10.6 Å². The zero-order chi connectivity index (χ0) is 20.2. The van der Waals surface area contributed by atoms with Crippen molar-refractivity contribution in [2.75, 3.05) is 10.6 Å². The molecule has 144 valence electrons. The van der Waals surface area contributed by atoms with Crippen LogP contribution in [0.3, 0.4) is 0 Å². The van der Waals surface area contributed by atoms with Crippen LogP contribution in [0.5, 0.6) is 0 Å². The molecule has 0 saturated heterocycles. The van der Waals surface area contributed by atoms with Gasteiger partial charge in [0.05, 0.1) is 16.9 Å². The highest BCUT2D eigenvalue weighted by molar-refractivity contribution is 7.14. The van der Waals surface area contributed by atoms with E-state index < -0.39 is 11.7 Å². The van der Waals surface area contributed by atoms with E-state index >= 15 is 0 Å². The van der Waals surface area contributed by atoms with Crippen LogP contribution in [0.15, 0.2) is 78.2 Å². The lowest BCUT2D eigenvalue weighted by atomic mass is 10.1. The van der Waals surface area contributed by atoms with Gasteiger partial charge in [0.2, 0.25) is 0 Å². The lowest BCUT2D eigenvalue weighted by molar-refractivity contribution is 0.102. The second-order valence-corrected chi connectivity index (χ2v) is 7.02. The van der Waals surface area contributed by atoms with E-state index in [1.165, 1.54) is 35.6 Å².